The quantitative estimate of drug-likeness (QED) is 0.0197. The van der Waals surface area contributed by atoms with Gasteiger partial charge in [0.05, 0.1) is 27.7 Å². The van der Waals surface area contributed by atoms with Crippen LogP contribution in [0.25, 0.3) is 0 Å². The molecular formula is C50H84NO8P. The predicted molar refractivity (Wildman–Crippen MR) is 249 cm³/mol. The molecule has 0 N–H and O–H groups in total. The minimum Gasteiger partial charge on any atom is -0.756 e. The van der Waals surface area contributed by atoms with E-state index in [1.807, 2.05) is 27.2 Å². The number of unbranched alkanes of at least 4 members (excludes halogenated alkanes) is 10. The number of phosphoric acid groups is 1. The standard InChI is InChI=1S/C50H84NO8P/c1-6-8-10-12-14-16-18-20-22-23-24-25-26-27-29-30-32-34-36-38-40-42-49(52)56-46-48(47-58-60(54,55)57-45-44-51(3,4)5)59-50(53)43-41-39-37-35-33-31-28-21-19-17-15-13-11-9-7-2/h9,11,15,17,21-23,25-26,28-30,33-36,48H,6-8,10,12-14,16,18-20,24,27,31-32,37-47H2,1-5H3/b11-9+,17-15+,23-22+,26-25+,28-21+,30-29+,35-33+,36-34+/t48-/m0/s1. The zero-order valence-corrected chi connectivity index (χ0v) is 39.3. The number of likely N-dealkylation sites (N-methyl/N-ethyl adjacent to an activating group) is 1. The van der Waals surface area contributed by atoms with E-state index in [2.05, 4.69) is 105 Å². The normalized spacial score (nSPS) is 14.4. The number of rotatable bonds is 40. The Morgan fingerprint density at radius 1 is 0.533 bits per heavy atom. The van der Waals surface area contributed by atoms with E-state index in [4.69, 9.17) is 18.5 Å². The summed E-state index contributed by atoms with van der Waals surface area (Å²) in [5.41, 5.74) is 0. The number of esters is 2. The van der Waals surface area contributed by atoms with Crippen LogP contribution in [0.5, 0.6) is 0 Å². The highest BCUT2D eigenvalue weighted by atomic mass is 31.2. The molecule has 0 radical (unpaired) electrons. The van der Waals surface area contributed by atoms with E-state index >= 15 is 0 Å². The molecule has 0 aromatic rings. The van der Waals surface area contributed by atoms with Gasteiger partial charge in [-0.05, 0) is 89.9 Å². The lowest BCUT2D eigenvalue weighted by molar-refractivity contribution is -0.870. The second kappa shape index (κ2) is 41.3. The van der Waals surface area contributed by atoms with E-state index in [0.717, 1.165) is 64.2 Å². The molecule has 342 valence electrons. The molecule has 0 spiro atoms. The molecule has 0 aromatic heterocycles. The lowest BCUT2D eigenvalue weighted by Gasteiger charge is -2.28. The van der Waals surface area contributed by atoms with Crippen molar-refractivity contribution in [2.24, 2.45) is 0 Å². The first-order valence-electron chi connectivity index (χ1n) is 22.9. The SMILES string of the molecule is CC/C=C/C/C=C/C/C=C/C/C=C/CCCCC(=O)O[C@@H](COC(=O)CCC/C=C/C/C=C/C/C=C/C/C=C/CCCCCCCCC)COP(=O)([O-])OCC[N+](C)(C)C. The summed E-state index contributed by atoms with van der Waals surface area (Å²) in [5.74, 6) is -0.959. The first-order chi connectivity index (χ1) is 29.0. The summed E-state index contributed by atoms with van der Waals surface area (Å²) in [4.78, 5) is 37.5. The van der Waals surface area contributed by atoms with Crippen molar-refractivity contribution < 1.29 is 42.1 Å². The van der Waals surface area contributed by atoms with Crippen molar-refractivity contribution in [1.29, 1.82) is 0 Å². The lowest BCUT2D eigenvalue weighted by Crippen LogP contribution is -2.37. The molecular weight excluding hydrogens is 774 g/mol. The van der Waals surface area contributed by atoms with Crippen LogP contribution in [0.2, 0.25) is 0 Å². The topological polar surface area (TPSA) is 111 Å². The molecule has 0 saturated heterocycles. The molecule has 0 heterocycles. The van der Waals surface area contributed by atoms with Crippen molar-refractivity contribution in [2.75, 3.05) is 47.5 Å². The number of ether oxygens (including phenoxy) is 2. The third-order valence-electron chi connectivity index (χ3n) is 9.09. The number of carbonyl (C=O) groups excluding carboxylic acids is 2. The minimum absolute atomic E-state index is 0.0530. The minimum atomic E-state index is -4.66. The summed E-state index contributed by atoms with van der Waals surface area (Å²) in [7, 11) is 1.09. The Bertz CT molecular complexity index is 1340. The second-order valence-electron chi connectivity index (χ2n) is 16.0. The van der Waals surface area contributed by atoms with Crippen molar-refractivity contribution in [1.82, 2.24) is 0 Å². The zero-order chi connectivity index (χ0) is 44.3. The highest BCUT2D eigenvalue weighted by molar-refractivity contribution is 7.45. The molecule has 60 heavy (non-hydrogen) atoms. The van der Waals surface area contributed by atoms with Gasteiger partial charge in [-0.2, -0.15) is 0 Å². The smallest absolute Gasteiger partial charge is 0.306 e. The maximum absolute atomic E-state index is 12.7. The van der Waals surface area contributed by atoms with Gasteiger partial charge in [-0.1, -0.05) is 150 Å². The number of phosphoric ester groups is 1. The van der Waals surface area contributed by atoms with E-state index in [1.165, 1.54) is 51.4 Å². The molecule has 0 aromatic carbocycles. The molecule has 0 fully saturated rings. The third-order valence-corrected chi connectivity index (χ3v) is 10.1. The van der Waals surface area contributed by atoms with Gasteiger partial charge in [0.2, 0.25) is 0 Å². The largest absolute Gasteiger partial charge is 0.756 e. The average molecular weight is 858 g/mol. The Hall–Kier alpha value is -3.07. The first kappa shape index (κ1) is 56.9. The average Bonchev–Trinajstić information content (AvgIpc) is 3.20. The van der Waals surface area contributed by atoms with Gasteiger partial charge in [-0.25, -0.2) is 0 Å². The number of nitrogens with zero attached hydrogens (tertiary/aromatic N) is 1. The second-order valence-corrected chi connectivity index (χ2v) is 17.4. The lowest BCUT2D eigenvalue weighted by atomic mass is 10.1. The predicted octanol–water partition coefficient (Wildman–Crippen LogP) is 12.7. The van der Waals surface area contributed by atoms with Crippen molar-refractivity contribution in [2.45, 2.75) is 161 Å². The Morgan fingerprint density at radius 2 is 0.967 bits per heavy atom. The van der Waals surface area contributed by atoms with Crippen molar-refractivity contribution in [3.63, 3.8) is 0 Å². The molecule has 0 rings (SSSR count). The Balaban J connectivity index is 4.50. The maximum Gasteiger partial charge on any atom is 0.306 e. The Labute approximate surface area is 366 Å². The third kappa shape index (κ3) is 44.5. The molecule has 0 saturated carbocycles. The molecule has 0 bridgehead atoms. The summed E-state index contributed by atoms with van der Waals surface area (Å²) >= 11 is 0. The zero-order valence-electron chi connectivity index (χ0n) is 38.4. The maximum atomic E-state index is 12.7. The fourth-order valence-electron chi connectivity index (χ4n) is 5.52. The molecule has 0 amide bonds. The van der Waals surface area contributed by atoms with E-state index < -0.39 is 32.5 Å². The molecule has 9 nitrogen and oxygen atoms in total. The van der Waals surface area contributed by atoms with Crippen molar-refractivity contribution >= 4 is 19.8 Å². The van der Waals surface area contributed by atoms with E-state index in [9.17, 15) is 19.0 Å². The van der Waals surface area contributed by atoms with Crippen LogP contribution in [-0.4, -0.2) is 70.0 Å². The van der Waals surface area contributed by atoms with E-state index in [-0.39, 0.29) is 26.1 Å². The van der Waals surface area contributed by atoms with E-state index in [0.29, 0.717) is 23.9 Å². The van der Waals surface area contributed by atoms with Crippen LogP contribution in [0.3, 0.4) is 0 Å². The van der Waals surface area contributed by atoms with Crippen LogP contribution in [0.15, 0.2) is 97.2 Å². The fraction of sp³-hybridized carbons (Fsp3) is 0.640. The summed E-state index contributed by atoms with van der Waals surface area (Å²) in [6, 6.07) is 0. The van der Waals surface area contributed by atoms with Gasteiger partial charge in [0.1, 0.15) is 19.8 Å². The number of hydrogen-bond acceptors (Lipinski definition) is 8. The Kier molecular flexibility index (Phi) is 39.2. The highest BCUT2D eigenvalue weighted by Gasteiger charge is 2.21. The molecule has 10 heteroatoms. The molecule has 0 aliphatic carbocycles. The summed E-state index contributed by atoms with van der Waals surface area (Å²) in [5, 5.41) is 0. The van der Waals surface area contributed by atoms with Gasteiger partial charge in [0.25, 0.3) is 7.82 Å². The van der Waals surface area contributed by atoms with Gasteiger partial charge in [0.15, 0.2) is 6.10 Å². The van der Waals surface area contributed by atoms with Gasteiger partial charge < -0.3 is 27.9 Å². The van der Waals surface area contributed by atoms with E-state index in [1.54, 1.807) is 0 Å². The van der Waals surface area contributed by atoms with Gasteiger partial charge in [0, 0.05) is 12.8 Å². The fourth-order valence-corrected chi connectivity index (χ4v) is 6.25. The molecule has 1 unspecified atom stereocenters. The molecule has 2 atom stereocenters. The number of allylic oxidation sites excluding steroid dienone is 16. The monoisotopic (exact) mass is 858 g/mol. The molecule has 0 aliphatic heterocycles. The van der Waals surface area contributed by atoms with Crippen molar-refractivity contribution in [3.05, 3.63) is 97.2 Å². The number of quaternary nitrogens is 1. The first-order valence-corrected chi connectivity index (χ1v) is 24.4. The number of carbonyl (C=O) groups is 2. The Morgan fingerprint density at radius 3 is 1.47 bits per heavy atom. The summed E-state index contributed by atoms with van der Waals surface area (Å²) in [6.45, 7) is 3.97. The van der Waals surface area contributed by atoms with Crippen molar-refractivity contribution in [3.8, 4) is 0 Å². The summed E-state index contributed by atoms with van der Waals surface area (Å²) < 4.78 is 33.8. The highest BCUT2D eigenvalue weighted by Crippen LogP contribution is 2.38. The van der Waals surface area contributed by atoms with Crippen LogP contribution in [0.1, 0.15) is 155 Å². The van der Waals surface area contributed by atoms with Crippen LogP contribution in [0.4, 0.5) is 0 Å². The molecule has 0 aliphatic rings. The number of hydrogen-bond donors (Lipinski definition) is 0. The van der Waals surface area contributed by atoms with Crippen LogP contribution in [0, 0.1) is 0 Å². The summed E-state index contributed by atoms with van der Waals surface area (Å²) in [6.07, 6.45) is 54.5. The van der Waals surface area contributed by atoms with Gasteiger partial charge in [-0.3, -0.25) is 14.2 Å². The van der Waals surface area contributed by atoms with Crippen LogP contribution in [-0.2, 0) is 32.7 Å². The van der Waals surface area contributed by atoms with Gasteiger partial charge in [-0.15, -0.1) is 0 Å². The van der Waals surface area contributed by atoms with Crippen LogP contribution >= 0.6 is 7.82 Å². The van der Waals surface area contributed by atoms with Crippen LogP contribution < -0.4 is 4.89 Å². The van der Waals surface area contributed by atoms with Gasteiger partial charge >= 0.3 is 11.9 Å².